The van der Waals surface area contributed by atoms with Crippen LogP contribution in [0.4, 0.5) is 0 Å². The predicted molar refractivity (Wildman–Crippen MR) is 90.8 cm³/mol. The van der Waals surface area contributed by atoms with E-state index >= 15 is 0 Å². The molecule has 0 bridgehead atoms. The van der Waals surface area contributed by atoms with Crippen molar-refractivity contribution in [3.63, 3.8) is 0 Å². The standard InChI is InChI=1S/C16H26N4O6/c1-9(21)15(10(2)22)19(17)13(25)7-5-6-8-14(26)20(18)16(11(3)23)12(4)24/h15-16H,5-8,17-18H2,1-4H3. The van der Waals surface area contributed by atoms with Crippen LogP contribution in [-0.2, 0) is 28.8 Å². The van der Waals surface area contributed by atoms with Gasteiger partial charge in [0, 0.05) is 12.8 Å². The van der Waals surface area contributed by atoms with Crippen molar-refractivity contribution in [1.29, 1.82) is 0 Å². The predicted octanol–water partition coefficient (Wildman–Crippen LogP) is -0.955. The van der Waals surface area contributed by atoms with E-state index in [1.165, 1.54) is 0 Å². The van der Waals surface area contributed by atoms with Gasteiger partial charge in [0.05, 0.1) is 0 Å². The first-order chi connectivity index (χ1) is 11.9. The van der Waals surface area contributed by atoms with Crippen molar-refractivity contribution in [2.24, 2.45) is 11.7 Å². The van der Waals surface area contributed by atoms with E-state index in [9.17, 15) is 28.8 Å². The van der Waals surface area contributed by atoms with Crippen molar-refractivity contribution < 1.29 is 28.8 Å². The lowest BCUT2D eigenvalue weighted by atomic mass is 10.1. The van der Waals surface area contributed by atoms with Gasteiger partial charge < -0.3 is 0 Å². The van der Waals surface area contributed by atoms with E-state index in [0.29, 0.717) is 10.0 Å². The molecule has 146 valence electrons. The van der Waals surface area contributed by atoms with Crippen molar-refractivity contribution in [3.8, 4) is 0 Å². The fraction of sp³-hybridized carbons (Fsp3) is 0.625. The number of ketones is 4. The zero-order valence-corrected chi connectivity index (χ0v) is 15.5. The van der Waals surface area contributed by atoms with Crippen molar-refractivity contribution >= 4 is 34.9 Å². The molecule has 26 heavy (non-hydrogen) atoms. The number of unbranched alkanes of at least 4 members (excludes halogenated alkanes) is 1. The minimum Gasteiger partial charge on any atom is -0.297 e. The summed E-state index contributed by atoms with van der Waals surface area (Å²) in [6, 6.07) is -2.65. The highest BCUT2D eigenvalue weighted by Crippen LogP contribution is 2.08. The molecule has 0 aromatic heterocycles. The van der Waals surface area contributed by atoms with Crippen LogP contribution in [0.5, 0.6) is 0 Å². The highest BCUT2D eigenvalue weighted by molar-refractivity contribution is 6.07. The van der Waals surface area contributed by atoms with E-state index in [1.807, 2.05) is 0 Å². The Bertz CT molecular complexity index is 524. The van der Waals surface area contributed by atoms with Crippen LogP contribution in [0.3, 0.4) is 0 Å². The van der Waals surface area contributed by atoms with Gasteiger partial charge in [-0.1, -0.05) is 0 Å². The van der Waals surface area contributed by atoms with Gasteiger partial charge in [-0.2, -0.15) is 0 Å². The van der Waals surface area contributed by atoms with Crippen LogP contribution >= 0.6 is 0 Å². The Hall–Kier alpha value is -2.46. The molecular formula is C16H26N4O6. The Morgan fingerprint density at radius 2 is 0.846 bits per heavy atom. The molecular weight excluding hydrogens is 344 g/mol. The number of hydrogen-bond acceptors (Lipinski definition) is 8. The first-order valence-electron chi connectivity index (χ1n) is 8.07. The van der Waals surface area contributed by atoms with Crippen molar-refractivity contribution in [2.75, 3.05) is 0 Å². The molecule has 0 spiro atoms. The highest BCUT2D eigenvalue weighted by Gasteiger charge is 2.30. The molecule has 4 N–H and O–H groups in total. The number of rotatable bonds is 11. The highest BCUT2D eigenvalue weighted by atomic mass is 16.2. The third-order valence-corrected chi connectivity index (χ3v) is 3.70. The molecule has 0 aliphatic carbocycles. The molecule has 10 heteroatoms. The summed E-state index contributed by atoms with van der Waals surface area (Å²) in [5.41, 5.74) is 0. The summed E-state index contributed by atoms with van der Waals surface area (Å²) >= 11 is 0. The van der Waals surface area contributed by atoms with E-state index < -0.39 is 47.0 Å². The fourth-order valence-corrected chi connectivity index (χ4v) is 2.45. The van der Waals surface area contributed by atoms with Gasteiger partial charge in [-0.05, 0) is 40.5 Å². The van der Waals surface area contributed by atoms with Gasteiger partial charge in [0.25, 0.3) is 0 Å². The molecule has 0 atom stereocenters. The van der Waals surface area contributed by atoms with Crippen LogP contribution in [0, 0.1) is 0 Å². The van der Waals surface area contributed by atoms with E-state index in [1.54, 1.807) is 0 Å². The van der Waals surface area contributed by atoms with E-state index in [-0.39, 0.29) is 25.7 Å². The average molecular weight is 370 g/mol. The summed E-state index contributed by atoms with van der Waals surface area (Å²) in [4.78, 5) is 69.4. The molecule has 0 saturated carbocycles. The van der Waals surface area contributed by atoms with E-state index in [4.69, 9.17) is 11.7 Å². The molecule has 0 radical (unpaired) electrons. The number of nitrogens with zero attached hydrogens (tertiary/aromatic N) is 2. The molecule has 0 saturated heterocycles. The van der Waals surface area contributed by atoms with Gasteiger partial charge in [0.15, 0.2) is 35.2 Å². The molecule has 0 heterocycles. The number of hydrazine groups is 2. The minimum atomic E-state index is -1.32. The Kier molecular flexibility index (Phi) is 9.52. The molecule has 2 amide bonds. The number of nitrogens with two attached hydrogens (primary N) is 2. The van der Waals surface area contributed by atoms with Crippen molar-refractivity contribution in [1.82, 2.24) is 10.0 Å². The maximum absolute atomic E-state index is 11.9. The van der Waals surface area contributed by atoms with Crippen LogP contribution in [0.25, 0.3) is 0 Å². The van der Waals surface area contributed by atoms with Crippen LogP contribution in [0.2, 0.25) is 0 Å². The molecule has 0 aliphatic heterocycles. The van der Waals surface area contributed by atoms with Gasteiger partial charge in [0.1, 0.15) is 0 Å². The smallest absolute Gasteiger partial charge is 0.237 e. The lowest BCUT2D eigenvalue weighted by Gasteiger charge is -2.24. The number of carbonyl (C=O) groups excluding carboxylic acids is 6. The third kappa shape index (κ3) is 6.81. The number of carbonyl (C=O) groups is 6. The van der Waals surface area contributed by atoms with Crippen LogP contribution in [-0.4, -0.2) is 57.0 Å². The fourth-order valence-electron chi connectivity index (χ4n) is 2.45. The lowest BCUT2D eigenvalue weighted by molar-refractivity contribution is -0.145. The summed E-state index contributed by atoms with van der Waals surface area (Å²) < 4.78 is 0. The third-order valence-electron chi connectivity index (χ3n) is 3.70. The zero-order valence-electron chi connectivity index (χ0n) is 15.5. The largest absolute Gasteiger partial charge is 0.297 e. The van der Waals surface area contributed by atoms with Gasteiger partial charge in [-0.15, -0.1) is 0 Å². The Balaban J connectivity index is 4.53. The lowest BCUT2D eigenvalue weighted by Crippen LogP contribution is -2.52. The monoisotopic (exact) mass is 370 g/mol. The SMILES string of the molecule is CC(=O)C(C(C)=O)N(N)C(=O)CCCCC(=O)N(N)C(C(C)=O)C(C)=O. The number of Topliss-reactive ketones (excluding diaryl/α,β-unsaturated/α-hetero) is 4. The van der Waals surface area contributed by atoms with Crippen molar-refractivity contribution in [2.45, 2.75) is 65.5 Å². The van der Waals surface area contributed by atoms with Crippen LogP contribution < -0.4 is 11.7 Å². The van der Waals surface area contributed by atoms with Gasteiger partial charge in [-0.25, -0.2) is 11.7 Å². The summed E-state index contributed by atoms with van der Waals surface area (Å²) in [5, 5.41) is 1.20. The Morgan fingerprint density at radius 3 is 1.04 bits per heavy atom. The second-order valence-electron chi connectivity index (χ2n) is 6.06. The molecule has 0 unspecified atom stereocenters. The average Bonchev–Trinajstić information content (AvgIpc) is 2.49. The molecule has 0 aromatic rings. The molecule has 0 rings (SSSR count). The second-order valence-corrected chi connectivity index (χ2v) is 6.06. The molecule has 0 aromatic carbocycles. The number of amides is 2. The quantitative estimate of drug-likeness (QED) is 0.155. The number of hydrogen-bond donors (Lipinski definition) is 2. The maximum atomic E-state index is 11.9. The van der Waals surface area contributed by atoms with Crippen LogP contribution in [0.1, 0.15) is 53.4 Å². The summed E-state index contributed by atoms with van der Waals surface area (Å²) in [6.07, 6.45) is 0.349. The van der Waals surface area contributed by atoms with Gasteiger partial charge in [0.2, 0.25) is 11.8 Å². The Labute approximate surface area is 151 Å². The van der Waals surface area contributed by atoms with E-state index in [0.717, 1.165) is 27.7 Å². The first-order valence-corrected chi connectivity index (χ1v) is 8.07. The van der Waals surface area contributed by atoms with Crippen LogP contribution in [0.15, 0.2) is 0 Å². The second kappa shape index (κ2) is 10.5. The normalized spacial score (nSPS) is 10.6. The summed E-state index contributed by atoms with van der Waals surface area (Å²) in [5.74, 6) is 7.69. The van der Waals surface area contributed by atoms with E-state index in [2.05, 4.69) is 0 Å². The molecule has 0 aliphatic rings. The maximum Gasteiger partial charge on any atom is 0.237 e. The molecule has 0 fully saturated rings. The molecule has 10 nitrogen and oxygen atoms in total. The van der Waals surface area contributed by atoms with Gasteiger partial charge >= 0.3 is 0 Å². The summed E-state index contributed by atoms with van der Waals surface area (Å²) in [7, 11) is 0. The Morgan fingerprint density at radius 1 is 0.615 bits per heavy atom. The van der Waals surface area contributed by atoms with Gasteiger partial charge in [-0.3, -0.25) is 38.8 Å². The summed E-state index contributed by atoms with van der Waals surface area (Å²) in [6.45, 7) is 4.64. The topological polar surface area (TPSA) is 161 Å². The van der Waals surface area contributed by atoms with Crippen molar-refractivity contribution in [3.05, 3.63) is 0 Å². The minimum absolute atomic E-state index is 0.0751. The first kappa shape index (κ1) is 23.5. The zero-order chi connectivity index (χ0) is 20.6.